The zero-order chi connectivity index (χ0) is 22.1. The normalized spacial score (nSPS) is 11.8. The molecule has 0 fully saturated rings. The Labute approximate surface area is 175 Å². The van der Waals surface area contributed by atoms with Gasteiger partial charge in [0.2, 0.25) is 0 Å². The number of fused-ring (bicyclic) bond motifs is 3. The third-order valence-corrected chi connectivity index (χ3v) is 4.73. The van der Waals surface area contributed by atoms with E-state index in [4.69, 9.17) is 14.2 Å². The predicted molar refractivity (Wildman–Crippen MR) is 115 cm³/mol. The van der Waals surface area contributed by atoms with Crippen LogP contribution in [0.2, 0.25) is 0 Å². The van der Waals surface area contributed by atoms with Gasteiger partial charge in [-0.05, 0) is 45.7 Å². The number of nitrogens with zero attached hydrogens (tertiary/aromatic N) is 2. The summed E-state index contributed by atoms with van der Waals surface area (Å²) >= 11 is 0. The lowest BCUT2D eigenvalue weighted by Crippen LogP contribution is -2.27. The van der Waals surface area contributed by atoms with Crippen molar-refractivity contribution in [2.75, 3.05) is 13.7 Å². The van der Waals surface area contributed by atoms with Crippen molar-refractivity contribution in [3.63, 3.8) is 0 Å². The van der Waals surface area contributed by atoms with Gasteiger partial charge < -0.3 is 14.2 Å². The second-order valence-electron chi connectivity index (χ2n) is 7.98. The minimum Gasteiger partial charge on any atom is -0.461 e. The van der Waals surface area contributed by atoms with E-state index in [9.17, 15) is 9.59 Å². The van der Waals surface area contributed by atoms with E-state index >= 15 is 0 Å². The molecule has 0 aliphatic carbocycles. The molecule has 0 aliphatic heterocycles. The highest BCUT2D eigenvalue weighted by molar-refractivity contribution is 6.16. The molecule has 0 bridgehead atoms. The van der Waals surface area contributed by atoms with Gasteiger partial charge in [-0.15, -0.1) is 0 Å². The fourth-order valence-corrected chi connectivity index (χ4v) is 3.64. The first-order chi connectivity index (χ1) is 14.2. The lowest BCUT2D eigenvalue weighted by atomic mass is 10.0. The van der Waals surface area contributed by atoms with Crippen molar-refractivity contribution in [1.29, 1.82) is 0 Å². The third-order valence-electron chi connectivity index (χ3n) is 4.73. The highest BCUT2D eigenvalue weighted by Crippen LogP contribution is 2.36. The summed E-state index contributed by atoms with van der Waals surface area (Å²) < 4.78 is 17.8. The van der Waals surface area contributed by atoms with Gasteiger partial charge >= 0.3 is 12.1 Å². The number of ether oxygens (including phenoxy) is 3. The van der Waals surface area contributed by atoms with Gasteiger partial charge in [0.1, 0.15) is 5.60 Å². The summed E-state index contributed by atoms with van der Waals surface area (Å²) in [6, 6.07) is 5.80. The average molecular weight is 412 g/mol. The Morgan fingerprint density at radius 1 is 1.10 bits per heavy atom. The second-order valence-corrected chi connectivity index (χ2v) is 7.98. The Bertz CT molecular complexity index is 1110. The Hall–Kier alpha value is -2.93. The number of methoxy groups -OCH3 is 1. The first-order valence-corrected chi connectivity index (χ1v) is 10.1. The topological polar surface area (TPSA) is 79.7 Å². The number of aryl methyl sites for hydroxylation is 1. The smallest absolute Gasteiger partial charge is 0.419 e. The lowest BCUT2D eigenvalue weighted by molar-refractivity contribution is 0.0513. The zero-order valence-corrected chi connectivity index (χ0v) is 18.4. The van der Waals surface area contributed by atoms with Crippen molar-refractivity contribution >= 4 is 33.9 Å². The maximum atomic E-state index is 13.1. The number of esters is 1. The predicted octanol–water partition coefficient (Wildman–Crippen LogP) is 4.86. The summed E-state index contributed by atoms with van der Waals surface area (Å²) in [7, 11) is 1.56. The molecule has 2 heterocycles. The molecule has 7 nitrogen and oxygen atoms in total. The van der Waals surface area contributed by atoms with Crippen molar-refractivity contribution in [1.82, 2.24) is 9.55 Å². The van der Waals surface area contributed by atoms with Crippen molar-refractivity contribution in [3.8, 4) is 0 Å². The molecular formula is C23H28N2O5. The van der Waals surface area contributed by atoms with E-state index in [0.29, 0.717) is 16.6 Å². The van der Waals surface area contributed by atoms with Crippen molar-refractivity contribution in [2.45, 2.75) is 53.2 Å². The van der Waals surface area contributed by atoms with E-state index in [-0.39, 0.29) is 18.9 Å². The molecule has 7 heteroatoms. The van der Waals surface area contributed by atoms with Crippen LogP contribution in [0, 0.1) is 0 Å². The number of carbonyl (C=O) groups excluding carboxylic acids is 2. The minimum absolute atomic E-state index is 0.157. The molecule has 3 aromatic rings. The van der Waals surface area contributed by atoms with E-state index in [1.165, 1.54) is 10.8 Å². The molecule has 0 saturated carbocycles. The summed E-state index contributed by atoms with van der Waals surface area (Å²) in [5.74, 6) is -0.515. The Morgan fingerprint density at radius 2 is 1.83 bits per heavy atom. The number of carbonyl (C=O) groups is 2. The van der Waals surface area contributed by atoms with Gasteiger partial charge in [0.15, 0.2) is 5.69 Å². The molecule has 1 aromatic carbocycles. The van der Waals surface area contributed by atoms with Crippen molar-refractivity contribution in [2.24, 2.45) is 0 Å². The average Bonchev–Trinajstić information content (AvgIpc) is 3.02. The van der Waals surface area contributed by atoms with Crippen LogP contribution >= 0.6 is 0 Å². The number of aromatic nitrogens is 2. The van der Waals surface area contributed by atoms with Crippen LogP contribution in [0.5, 0.6) is 0 Å². The van der Waals surface area contributed by atoms with Gasteiger partial charge in [-0.25, -0.2) is 19.1 Å². The molecule has 0 aliphatic rings. The number of rotatable bonds is 5. The second kappa shape index (κ2) is 8.44. The molecule has 0 atom stereocenters. The number of benzene rings is 1. The maximum absolute atomic E-state index is 13.1. The van der Waals surface area contributed by atoms with Gasteiger partial charge in [-0.2, -0.15) is 0 Å². The van der Waals surface area contributed by atoms with Crippen molar-refractivity contribution < 1.29 is 23.8 Å². The van der Waals surface area contributed by atoms with Gasteiger partial charge in [-0.1, -0.05) is 19.1 Å². The molecule has 0 amide bonds. The summed E-state index contributed by atoms with van der Waals surface area (Å²) in [5.41, 5.74) is 2.47. The SMILES string of the molecule is CCOC(=O)c1ncc2c(c1COC)c1c(CC)cccc1n2C(=O)OC(C)(C)C. The third kappa shape index (κ3) is 3.89. The number of hydrogen-bond donors (Lipinski definition) is 0. The maximum Gasteiger partial charge on any atom is 0.419 e. The zero-order valence-electron chi connectivity index (χ0n) is 18.4. The van der Waals surface area contributed by atoms with Crippen LogP contribution in [0.15, 0.2) is 24.4 Å². The Kier molecular flexibility index (Phi) is 6.12. The highest BCUT2D eigenvalue weighted by Gasteiger charge is 2.27. The number of pyridine rings is 1. The minimum atomic E-state index is -0.657. The Morgan fingerprint density at radius 3 is 2.43 bits per heavy atom. The largest absolute Gasteiger partial charge is 0.461 e. The summed E-state index contributed by atoms with van der Waals surface area (Å²) in [6.45, 7) is 9.66. The van der Waals surface area contributed by atoms with E-state index in [1.807, 2.05) is 39.0 Å². The van der Waals surface area contributed by atoms with Gasteiger partial charge in [0, 0.05) is 23.4 Å². The highest BCUT2D eigenvalue weighted by atomic mass is 16.6. The van der Waals surface area contributed by atoms with Crippen LogP contribution in [0.4, 0.5) is 4.79 Å². The molecule has 0 N–H and O–H groups in total. The van der Waals surface area contributed by atoms with E-state index in [1.54, 1.807) is 14.0 Å². The first kappa shape index (κ1) is 21.8. The van der Waals surface area contributed by atoms with Crippen LogP contribution < -0.4 is 0 Å². The summed E-state index contributed by atoms with van der Waals surface area (Å²) in [4.78, 5) is 30.0. The lowest BCUT2D eigenvalue weighted by Gasteiger charge is -2.20. The van der Waals surface area contributed by atoms with E-state index in [2.05, 4.69) is 11.9 Å². The monoisotopic (exact) mass is 412 g/mol. The van der Waals surface area contributed by atoms with Crippen LogP contribution in [0.1, 0.15) is 56.2 Å². The van der Waals surface area contributed by atoms with E-state index in [0.717, 1.165) is 22.8 Å². The van der Waals surface area contributed by atoms with Gasteiger partial charge in [-0.3, -0.25) is 0 Å². The summed E-state index contributed by atoms with van der Waals surface area (Å²) in [5, 5.41) is 1.65. The van der Waals surface area contributed by atoms with Crippen LogP contribution in [-0.4, -0.2) is 40.9 Å². The van der Waals surface area contributed by atoms with Gasteiger partial charge in [0.25, 0.3) is 0 Å². The molecule has 2 aromatic heterocycles. The van der Waals surface area contributed by atoms with E-state index < -0.39 is 17.7 Å². The molecule has 0 saturated heterocycles. The van der Waals surface area contributed by atoms with Crippen LogP contribution in [-0.2, 0) is 27.2 Å². The van der Waals surface area contributed by atoms with Crippen LogP contribution in [0.25, 0.3) is 21.8 Å². The molecule has 160 valence electrons. The van der Waals surface area contributed by atoms with Crippen LogP contribution in [0.3, 0.4) is 0 Å². The molecule has 30 heavy (non-hydrogen) atoms. The molecule has 3 rings (SSSR count). The molecule has 0 spiro atoms. The fourth-order valence-electron chi connectivity index (χ4n) is 3.64. The number of hydrogen-bond acceptors (Lipinski definition) is 6. The summed E-state index contributed by atoms with van der Waals surface area (Å²) in [6.07, 6.45) is 1.79. The molecular weight excluding hydrogens is 384 g/mol. The molecule has 0 unspecified atom stereocenters. The quantitative estimate of drug-likeness (QED) is 0.557. The standard InChI is InChI=1S/C23H28N2O5/c1-7-14-10-9-11-16-18(14)19-15(13-28-6)20(21(26)29-8-2)24-12-17(19)25(16)22(27)30-23(3,4)5/h9-12H,7-8,13H2,1-6H3. The fraction of sp³-hybridized carbons (Fsp3) is 0.435. The first-order valence-electron chi connectivity index (χ1n) is 10.1. The van der Waals surface area contributed by atoms with Gasteiger partial charge in [0.05, 0.1) is 30.4 Å². The Balaban J connectivity index is 2.44. The van der Waals surface area contributed by atoms with Crippen molar-refractivity contribution in [3.05, 3.63) is 41.2 Å². The molecule has 0 radical (unpaired) electrons.